The number of thiazole rings is 1. The lowest BCUT2D eigenvalue weighted by Crippen LogP contribution is -2.21. The molecule has 5 nitrogen and oxygen atoms in total. The minimum Gasteiger partial charge on any atom is -0.504 e. The lowest BCUT2D eigenvalue weighted by Gasteiger charge is -2.07. The third-order valence-corrected chi connectivity index (χ3v) is 4.56. The second-order valence-electron chi connectivity index (χ2n) is 5.20. The summed E-state index contributed by atoms with van der Waals surface area (Å²) < 4.78 is 18.8. The molecule has 1 aromatic heterocycles. The molecule has 0 bridgehead atoms. The van der Waals surface area contributed by atoms with Gasteiger partial charge in [-0.1, -0.05) is 18.2 Å². The summed E-state index contributed by atoms with van der Waals surface area (Å²) in [5.41, 5.74) is 1.15. The van der Waals surface area contributed by atoms with Gasteiger partial charge in [0.1, 0.15) is 15.7 Å². The van der Waals surface area contributed by atoms with E-state index in [-0.39, 0.29) is 24.0 Å². The van der Waals surface area contributed by atoms with Crippen LogP contribution < -0.4 is 10.1 Å². The molecule has 25 heavy (non-hydrogen) atoms. The number of phenols is 1. The first-order valence-electron chi connectivity index (χ1n) is 7.43. The molecule has 2 N–H and O–H groups in total. The molecule has 0 aliphatic carbocycles. The third kappa shape index (κ3) is 3.77. The van der Waals surface area contributed by atoms with Gasteiger partial charge < -0.3 is 15.2 Å². The minimum absolute atomic E-state index is 0.0366. The molecule has 0 unspecified atom stereocenters. The highest BCUT2D eigenvalue weighted by molar-refractivity contribution is 7.16. The van der Waals surface area contributed by atoms with E-state index in [2.05, 4.69) is 10.3 Å². The van der Waals surface area contributed by atoms with Gasteiger partial charge >= 0.3 is 0 Å². The van der Waals surface area contributed by atoms with Gasteiger partial charge in [0.05, 0.1) is 13.3 Å². The van der Waals surface area contributed by atoms with Crippen LogP contribution >= 0.6 is 11.3 Å². The van der Waals surface area contributed by atoms with Gasteiger partial charge in [-0.15, -0.1) is 11.3 Å². The first-order chi connectivity index (χ1) is 12.1. The fourth-order valence-electron chi connectivity index (χ4n) is 2.24. The van der Waals surface area contributed by atoms with E-state index in [1.807, 2.05) is 0 Å². The number of carbonyl (C=O) groups is 1. The SMILES string of the molecule is COc1cc(CNC(=O)c2cnc(-c3ccccc3F)s2)ccc1O. The van der Waals surface area contributed by atoms with Gasteiger partial charge in [0.25, 0.3) is 5.91 Å². The number of nitrogens with zero attached hydrogens (tertiary/aromatic N) is 1. The van der Waals surface area contributed by atoms with Crippen molar-refractivity contribution in [1.82, 2.24) is 10.3 Å². The summed E-state index contributed by atoms with van der Waals surface area (Å²) in [7, 11) is 1.46. The van der Waals surface area contributed by atoms with Crippen molar-refractivity contribution in [3.05, 3.63) is 64.9 Å². The average Bonchev–Trinajstić information content (AvgIpc) is 3.11. The van der Waals surface area contributed by atoms with Crippen LogP contribution in [-0.2, 0) is 6.54 Å². The average molecular weight is 358 g/mol. The second-order valence-corrected chi connectivity index (χ2v) is 6.23. The molecular weight excluding hydrogens is 343 g/mol. The van der Waals surface area contributed by atoms with Crippen LogP contribution in [-0.4, -0.2) is 23.1 Å². The zero-order chi connectivity index (χ0) is 17.8. The summed E-state index contributed by atoms with van der Waals surface area (Å²) in [6.45, 7) is 0.266. The number of phenolic OH excluding ortho intramolecular Hbond substituents is 1. The Hall–Kier alpha value is -2.93. The highest BCUT2D eigenvalue weighted by Crippen LogP contribution is 2.28. The molecule has 1 amide bonds. The van der Waals surface area contributed by atoms with Crippen LogP contribution in [0.2, 0.25) is 0 Å². The number of hydrogen-bond acceptors (Lipinski definition) is 5. The molecule has 7 heteroatoms. The van der Waals surface area contributed by atoms with E-state index in [9.17, 15) is 14.3 Å². The van der Waals surface area contributed by atoms with E-state index in [0.717, 1.165) is 16.9 Å². The molecule has 0 aliphatic heterocycles. The van der Waals surface area contributed by atoms with Crippen molar-refractivity contribution in [3.63, 3.8) is 0 Å². The third-order valence-electron chi connectivity index (χ3n) is 3.53. The van der Waals surface area contributed by atoms with Gasteiger partial charge in [-0.2, -0.15) is 0 Å². The van der Waals surface area contributed by atoms with Crippen LogP contribution in [0.3, 0.4) is 0 Å². The van der Waals surface area contributed by atoms with Crippen molar-refractivity contribution >= 4 is 17.2 Å². The van der Waals surface area contributed by atoms with E-state index in [1.165, 1.54) is 25.4 Å². The summed E-state index contributed by atoms with van der Waals surface area (Å²) >= 11 is 1.13. The highest BCUT2D eigenvalue weighted by atomic mass is 32.1. The van der Waals surface area contributed by atoms with Crippen molar-refractivity contribution in [2.24, 2.45) is 0 Å². The molecular formula is C18H15FN2O3S. The Labute approximate surface area is 147 Å². The van der Waals surface area contributed by atoms with E-state index in [1.54, 1.807) is 30.3 Å². The van der Waals surface area contributed by atoms with Crippen LogP contribution in [0, 0.1) is 5.82 Å². The van der Waals surface area contributed by atoms with Crippen LogP contribution in [0.25, 0.3) is 10.6 Å². The second kappa shape index (κ2) is 7.31. The fourth-order valence-corrected chi connectivity index (χ4v) is 3.10. The summed E-state index contributed by atoms with van der Waals surface area (Å²) in [5, 5.41) is 12.8. The first kappa shape index (κ1) is 16.9. The Morgan fingerprint density at radius 2 is 2.12 bits per heavy atom. The largest absolute Gasteiger partial charge is 0.504 e. The molecule has 0 radical (unpaired) electrons. The van der Waals surface area contributed by atoms with Crippen molar-refractivity contribution in [3.8, 4) is 22.1 Å². The van der Waals surface area contributed by atoms with Gasteiger partial charge in [0.2, 0.25) is 0 Å². The number of aromatic nitrogens is 1. The summed E-state index contributed by atoms with van der Waals surface area (Å²) in [6, 6.07) is 11.1. The van der Waals surface area contributed by atoms with Crippen LogP contribution in [0.1, 0.15) is 15.2 Å². The topological polar surface area (TPSA) is 71.5 Å². The Morgan fingerprint density at radius 3 is 2.88 bits per heavy atom. The number of halogens is 1. The monoisotopic (exact) mass is 358 g/mol. The standard InChI is InChI=1S/C18H15FN2O3S/c1-24-15-8-11(6-7-14(15)22)9-20-17(23)16-10-21-18(25-16)12-4-2-3-5-13(12)19/h2-8,10,22H,9H2,1H3,(H,20,23). The number of amides is 1. The normalized spacial score (nSPS) is 10.5. The zero-order valence-electron chi connectivity index (χ0n) is 13.3. The van der Waals surface area contributed by atoms with Crippen molar-refractivity contribution in [2.45, 2.75) is 6.54 Å². The predicted octanol–water partition coefficient (Wildman–Crippen LogP) is 3.59. The maximum atomic E-state index is 13.8. The Kier molecular flexibility index (Phi) is 4.95. The van der Waals surface area contributed by atoms with Crippen molar-refractivity contribution in [1.29, 1.82) is 0 Å². The Bertz CT molecular complexity index is 911. The smallest absolute Gasteiger partial charge is 0.263 e. The molecule has 0 spiro atoms. The number of hydrogen-bond donors (Lipinski definition) is 2. The van der Waals surface area contributed by atoms with Crippen molar-refractivity contribution in [2.75, 3.05) is 7.11 Å². The molecule has 1 heterocycles. The molecule has 0 atom stereocenters. The molecule has 3 rings (SSSR count). The quantitative estimate of drug-likeness (QED) is 0.731. The van der Waals surface area contributed by atoms with E-state index < -0.39 is 0 Å². The number of ether oxygens (including phenoxy) is 1. The Morgan fingerprint density at radius 1 is 1.32 bits per heavy atom. The van der Waals surface area contributed by atoms with Crippen LogP contribution in [0.4, 0.5) is 4.39 Å². The van der Waals surface area contributed by atoms with Gasteiger partial charge in [0, 0.05) is 12.1 Å². The summed E-state index contributed by atoms with van der Waals surface area (Å²) in [6.07, 6.45) is 1.43. The lowest BCUT2D eigenvalue weighted by atomic mass is 10.2. The number of rotatable bonds is 5. The molecule has 0 saturated carbocycles. The first-order valence-corrected chi connectivity index (χ1v) is 8.25. The lowest BCUT2D eigenvalue weighted by molar-refractivity contribution is 0.0954. The predicted molar refractivity (Wildman–Crippen MR) is 93.3 cm³/mol. The number of benzene rings is 2. The zero-order valence-corrected chi connectivity index (χ0v) is 14.1. The van der Waals surface area contributed by atoms with E-state index in [0.29, 0.717) is 21.2 Å². The molecule has 0 fully saturated rings. The van der Waals surface area contributed by atoms with Gasteiger partial charge in [-0.3, -0.25) is 4.79 Å². The molecule has 0 saturated heterocycles. The van der Waals surface area contributed by atoms with Gasteiger partial charge in [-0.25, -0.2) is 9.37 Å². The molecule has 128 valence electrons. The highest BCUT2D eigenvalue weighted by Gasteiger charge is 2.14. The molecule has 2 aromatic carbocycles. The number of methoxy groups -OCH3 is 1. The van der Waals surface area contributed by atoms with Crippen LogP contribution in [0.5, 0.6) is 11.5 Å². The maximum absolute atomic E-state index is 13.8. The number of aromatic hydroxyl groups is 1. The van der Waals surface area contributed by atoms with Gasteiger partial charge in [0.15, 0.2) is 11.5 Å². The molecule has 3 aromatic rings. The van der Waals surface area contributed by atoms with E-state index in [4.69, 9.17) is 4.74 Å². The van der Waals surface area contributed by atoms with Crippen molar-refractivity contribution < 1.29 is 19.0 Å². The summed E-state index contributed by atoms with van der Waals surface area (Å²) in [4.78, 5) is 16.8. The fraction of sp³-hybridized carbons (Fsp3) is 0.111. The number of carbonyl (C=O) groups excluding carboxylic acids is 1. The minimum atomic E-state index is -0.375. The number of nitrogens with one attached hydrogen (secondary N) is 1. The maximum Gasteiger partial charge on any atom is 0.263 e. The van der Waals surface area contributed by atoms with Crippen LogP contribution in [0.15, 0.2) is 48.7 Å². The Balaban J connectivity index is 1.69. The van der Waals surface area contributed by atoms with Gasteiger partial charge in [-0.05, 0) is 29.8 Å². The molecule has 0 aliphatic rings. The summed E-state index contributed by atoms with van der Waals surface area (Å²) in [5.74, 6) is -0.298. The van der Waals surface area contributed by atoms with E-state index >= 15 is 0 Å².